The van der Waals surface area contributed by atoms with Crippen LogP contribution in [0.1, 0.15) is 18.9 Å². The molecule has 4 heteroatoms. The summed E-state index contributed by atoms with van der Waals surface area (Å²) in [4.78, 5) is 11.2. The average molecular weight is 232 g/mol. The summed E-state index contributed by atoms with van der Waals surface area (Å²) >= 11 is 0. The number of carbonyl (C=O) groups is 1. The minimum atomic E-state index is -0.343. The fourth-order valence-electron chi connectivity index (χ4n) is 1.70. The highest BCUT2D eigenvalue weighted by Gasteiger charge is 2.21. The Labute approximate surface area is 101 Å². The molecule has 1 aromatic carbocycles. The van der Waals surface area contributed by atoms with Crippen molar-refractivity contribution in [3.63, 3.8) is 0 Å². The van der Waals surface area contributed by atoms with Gasteiger partial charge < -0.3 is 4.74 Å². The maximum atomic E-state index is 11.2. The summed E-state index contributed by atoms with van der Waals surface area (Å²) in [6.07, 6.45) is 1.46. The molecule has 1 aromatic rings. The number of amides is 1. The van der Waals surface area contributed by atoms with Crippen molar-refractivity contribution in [1.82, 2.24) is 5.01 Å². The van der Waals surface area contributed by atoms with Gasteiger partial charge in [-0.3, -0.25) is 0 Å². The summed E-state index contributed by atoms with van der Waals surface area (Å²) in [6.45, 7) is 2.93. The zero-order valence-electron chi connectivity index (χ0n) is 9.93. The summed E-state index contributed by atoms with van der Waals surface area (Å²) < 4.78 is 4.81. The maximum absolute atomic E-state index is 11.2. The number of hydrogen-bond acceptors (Lipinski definition) is 3. The molecule has 0 radical (unpaired) electrons. The van der Waals surface area contributed by atoms with Gasteiger partial charge in [0.1, 0.15) is 6.61 Å². The first-order chi connectivity index (χ1) is 8.25. The number of carbonyl (C=O) groups excluding carboxylic acids is 1. The Bertz CT molecular complexity index is 415. The fraction of sp³-hybridized carbons (Fsp3) is 0.385. The van der Waals surface area contributed by atoms with Gasteiger partial charge >= 0.3 is 6.09 Å². The number of ether oxygens (including phenoxy) is 1. The number of hydrazone groups is 1. The van der Waals surface area contributed by atoms with Crippen LogP contribution in [0.5, 0.6) is 0 Å². The largest absolute Gasteiger partial charge is 0.446 e. The Kier molecular flexibility index (Phi) is 3.75. The second-order valence-corrected chi connectivity index (χ2v) is 4.06. The van der Waals surface area contributed by atoms with Crippen LogP contribution < -0.4 is 0 Å². The van der Waals surface area contributed by atoms with Gasteiger partial charge in [0.05, 0.1) is 6.54 Å². The fourth-order valence-corrected chi connectivity index (χ4v) is 1.70. The van der Waals surface area contributed by atoms with Crippen molar-refractivity contribution in [1.29, 1.82) is 0 Å². The van der Waals surface area contributed by atoms with Crippen LogP contribution in [0.4, 0.5) is 4.79 Å². The summed E-state index contributed by atoms with van der Waals surface area (Å²) in [5, 5.41) is 5.64. The van der Waals surface area contributed by atoms with Crippen molar-refractivity contribution in [3.8, 4) is 0 Å². The SMILES string of the molecule is CC(CCc1ccccc1)=NN1CCOC1=O. The molecule has 1 saturated heterocycles. The van der Waals surface area contributed by atoms with Crippen LogP contribution in [0.3, 0.4) is 0 Å². The van der Waals surface area contributed by atoms with Gasteiger partial charge in [0.2, 0.25) is 0 Å². The van der Waals surface area contributed by atoms with Gasteiger partial charge in [0, 0.05) is 5.71 Å². The predicted molar refractivity (Wildman–Crippen MR) is 65.9 cm³/mol. The molecule has 90 valence electrons. The zero-order chi connectivity index (χ0) is 12.1. The molecule has 2 rings (SSSR count). The van der Waals surface area contributed by atoms with Crippen LogP contribution in [0.2, 0.25) is 0 Å². The van der Waals surface area contributed by atoms with Gasteiger partial charge in [-0.05, 0) is 25.3 Å². The Morgan fingerprint density at radius 3 is 2.82 bits per heavy atom. The molecule has 0 atom stereocenters. The molecule has 0 aliphatic carbocycles. The molecule has 0 bridgehead atoms. The van der Waals surface area contributed by atoms with E-state index in [0.717, 1.165) is 18.6 Å². The van der Waals surface area contributed by atoms with E-state index < -0.39 is 0 Å². The zero-order valence-corrected chi connectivity index (χ0v) is 9.93. The molecule has 17 heavy (non-hydrogen) atoms. The molecule has 1 aliphatic heterocycles. The number of aryl methyl sites for hydroxylation is 1. The molecule has 0 aromatic heterocycles. The summed E-state index contributed by atoms with van der Waals surface area (Å²) in [6, 6.07) is 10.2. The Hall–Kier alpha value is -1.84. The third kappa shape index (κ3) is 3.31. The van der Waals surface area contributed by atoms with Gasteiger partial charge in [-0.2, -0.15) is 10.1 Å². The maximum Gasteiger partial charge on any atom is 0.430 e. The van der Waals surface area contributed by atoms with Gasteiger partial charge in [0.25, 0.3) is 0 Å². The van der Waals surface area contributed by atoms with E-state index in [0.29, 0.717) is 13.2 Å². The van der Waals surface area contributed by atoms with Gasteiger partial charge in [-0.1, -0.05) is 30.3 Å². The Morgan fingerprint density at radius 2 is 2.18 bits per heavy atom. The number of nitrogens with zero attached hydrogens (tertiary/aromatic N) is 2. The number of rotatable bonds is 4. The van der Waals surface area contributed by atoms with Gasteiger partial charge in [0.15, 0.2) is 0 Å². The third-order valence-corrected chi connectivity index (χ3v) is 2.65. The molecule has 1 heterocycles. The van der Waals surface area contributed by atoms with E-state index in [1.54, 1.807) is 0 Å². The van der Waals surface area contributed by atoms with E-state index in [9.17, 15) is 4.79 Å². The standard InChI is InChI=1S/C13H16N2O2/c1-11(14-15-9-10-17-13(15)16)7-8-12-5-3-2-4-6-12/h2-6H,7-10H2,1H3. The van der Waals surface area contributed by atoms with E-state index in [-0.39, 0.29) is 6.09 Å². The van der Waals surface area contributed by atoms with Crippen LogP contribution in [-0.4, -0.2) is 30.0 Å². The van der Waals surface area contributed by atoms with Crippen molar-refractivity contribution in [2.45, 2.75) is 19.8 Å². The highest BCUT2D eigenvalue weighted by atomic mass is 16.6. The minimum Gasteiger partial charge on any atom is -0.446 e. The van der Waals surface area contributed by atoms with Crippen molar-refractivity contribution in [2.24, 2.45) is 5.10 Å². The molecule has 0 unspecified atom stereocenters. The first-order valence-electron chi connectivity index (χ1n) is 5.78. The smallest absolute Gasteiger partial charge is 0.430 e. The van der Waals surface area contributed by atoms with Crippen molar-refractivity contribution >= 4 is 11.8 Å². The summed E-state index contributed by atoms with van der Waals surface area (Å²) in [5.74, 6) is 0. The molecular formula is C13H16N2O2. The second kappa shape index (κ2) is 5.48. The predicted octanol–water partition coefficient (Wildman–Crippen LogP) is 2.45. The lowest BCUT2D eigenvalue weighted by atomic mass is 10.1. The lowest BCUT2D eigenvalue weighted by Gasteiger charge is -2.07. The summed E-state index contributed by atoms with van der Waals surface area (Å²) in [7, 11) is 0. The Morgan fingerprint density at radius 1 is 1.41 bits per heavy atom. The molecule has 0 saturated carbocycles. The van der Waals surface area contributed by atoms with E-state index in [4.69, 9.17) is 4.74 Å². The molecule has 4 nitrogen and oxygen atoms in total. The highest BCUT2D eigenvalue weighted by Crippen LogP contribution is 2.07. The average Bonchev–Trinajstić information content (AvgIpc) is 2.74. The summed E-state index contributed by atoms with van der Waals surface area (Å²) in [5.41, 5.74) is 2.23. The number of benzene rings is 1. The van der Waals surface area contributed by atoms with E-state index >= 15 is 0 Å². The molecule has 0 spiro atoms. The third-order valence-electron chi connectivity index (χ3n) is 2.65. The first-order valence-corrected chi connectivity index (χ1v) is 5.78. The lowest BCUT2D eigenvalue weighted by molar-refractivity contribution is 0.159. The van der Waals surface area contributed by atoms with Gasteiger partial charge in [-0.15, -0.1) is 0 Å². The normalized spacial score (nSPS) is 16.2. The molecule has 1 aliphatic rings. The van der Waals surface area contributed by atoms with Crippen molar-refractivity contribution < 1.29 is 9.53 Å². The lowest BCUT2D eigenvalue weighted by Crippen LogP contribution is -2.19. The minimum absolute atomic E-state index is 0.343. The second-order valence-electron chi connectivity index (χ2n) is 4.06. The molecule has 1 amide bonds. The number of cyclic esters (lactones) is 1. The highest BCUT2D eigenvalue weighted by molar-refractivity contribution is 5.83. The first kappa shape index (κ1) is 11.6. The number of hydrogen-bond donors (Lipinski definition) is 0. The molecule has 0 N–H and O–H groups in total. The van der Waals surface area contributed by atoms with Crippen LogP contribution in [0.25, 0.3) is 0 Å². The Balaban J connectivity index is 1.86. The van der Waals surface area contributed by atoms with Crippen LogP contribution in [-0.2, 0) is 11.2 Å². The van der Waals surface area contributed by atoms with E-state index in [2.05, 4.69) is 17.2 Å². The van der Waals surface area contributed by atoms with E-state index in [1.165, 1.54) is 10.6 Å². The monoisotopic (exact) mass is 232 g/mol. The van der Waals surface area contributed by atoms with E-state index in [1.807, 2.05) is 25.1 Å². The molecular weight excluding hydrogens is 216 g/mol. The van der Waals surface area contributed by atoms with Crippen molar-refractivity contribution in [2.75, 3.05) is 13.2 Å². The molecule has 1 fully saturated rings. The van der Waals surface area contributed by atoms with Gasteiger partial charge in [-0.25, -0.2) is 4.79 Å². The van der Waals surface area contributed by atoms with Crippen LogP contribution in [0.15, 0.2) is 35.4 Å². The van der Waals surface area contributed by atoms with Crippen LogP contribution in [0, 0.1) is 0 Å². The van der Waals surface area contributed by atoms with Crippen molar-refractivity contribution in [3.05, 3.63) is 35.9 Å². The topological polar surface area (TPSA) is 41.9 Å². The van der Waals surface area contributed by atoms with Crippen LogP contribution >= 0.6 is 0 Å². The quantitative estimate of drug-likeness (QED) is 0.748.